The standard InChI is InChI=1S/C23H27.C18H33P.C11H13O.CHO.ClH.Ru/c1-14-9-16(3)22(17(4)10-14)20-7-8-21(13-20)23-18(5)11-15(2)12-19(23)6;1-4-10-16(11-5-1)19(17-12-6-2-7-13-17)18-14-8-3-9-15-18;1-4-10-7-5-6-8-11(10)12-9(2)3;1-2;;/h7-13,20-21H,1-6H3;16-18H,1-15H2;1,4-9H,2-3H3;1H;1H;/q-1;;2*-1;;+4. The molecule has 0 heterocycles. The molecular weight excluding hydrogens is 836 g/mol. The van der Waals surface area contributed by atoms with Crippen molar-refractivity contribution in [1.29, 1.82) is 0 Å². The molecule has 3 aromatic carbocycles. The third-order valence-electron chi connectivity index (χ3n) is 12.8. The minimum atomic E-state index is -0.0465. The second-order valence-corrected chi connectivity index (χ2v) is 21.1. The molecule has 0 saturated heterocycles. The van der Waals surface area contributed by atoms with Gasteiger partial charge in [-0.15, -0.1) is 35.6 Å². The molecule has 4 aliphatic carbocycles. The van der Waals surface area contributed by atoms with Gasteiger partial charge in [0.15, 0.2) is 0 Å². The fourth-order valence-electron chi connectivity index (χ4n) is 10.7. The van der Waals surface area contributed by atoms with Gasteiger partial charge in [0.1, 0.15) is 0 Å². The average Bonchev–Trinajstić information content (AvgIpc) is 3.69. The number of halogens is 1. The van der Waals surface area contributed by atoms with Crippen molar-refractivity contribution in [1.82, 2.24) is 0 Å². The van der Waals surface area contributed by atoms with Crippen molar-refractivity contribution in [3.63, 3.8) is 0 Å². The molecule has 0 aromatic heterocycles. The van der Waals surface area contributed by atoms with E-state index < -0.39 is 0 Å². The third kappa shape index (κ3) is 15.1. The fraction of sp³-hybridized carbons (Fsp3) is 0.547. The Morgan fingerprint density at radius 3 is 1.31 bits per heavy atom. The molecule has 2 atom stereocenters. The van der Waals surface area contributed by atoms with Crippen LogP contribution < -0.4 is 4.74 Å². The number of benzene rings is 3. The average molecular weight is 912 g/mol. The Bertz CT molecular complexity index is 1530. The van der Waals surface area contributed by atoms with Crippen LogP contribution in [0.1, 0.15) is 172 Å². The number of aryl methyl sites for hydroxylation is 6. The molecule has 318 valence electrons. The van der Waals surface area contributed by atoms with Crippen molar-refractivity contribution in [2.24, 2.45) is 0 Å². The van der Waals surface area contributed by atoms with E-state index in [1.54, 1.807) is 102 Å². The quantitative estimate of drug-likeness (QED) is 0.0740. The van der Waals surface area contributed by atoms with Crippen LogP contribution in [-0.2, 0) is 22.1 Å². The molecular formula is C53H75ClO2PRu+. The van der Waals surface area contributed by atoms with Gasteiger partial charge < -0.3 is 16.0 Å². The molecule has 0 spiro atoms. The molecule has 0 amide bonds. The van der Waals surface area contributed by atoms with Crippen LogP contribution in [0.3, 0.4) is 0 Å². The van der Waals surface area contributed by atoms with Gasteiger partial charge in [-0.1, -0.05) is 77.9 Å². The molecule has 0 bridgehead atoms. The molecule has 0 aliphatic heterocycles. The summed E-state index contributed by atoms with van der Waals surface area (Å²) in [6, 6.07) is 16.9. The van der Waals surface area contributed by atoms with Crippen LogP contribution in [0, 0.1) is 54.5 Å². The molecule has 3 fully saturated rings. The van der Waals surface area contributed by atoms with Crippen LogP contribution in [-0.4, -0.2) is 29.9 Å². The zero-order valence-corrected chi connectivity index (χ0v) is 40.7. The van der Waals surface area contributed by atoms with Crippen molar-refractivity contribution < 1.29 is 26.8 Å². The summed E-state index contributed by atoms with van der Waals surface area (Å²) in [6.45, 7) is 26.0. The number of carbonyl (C=O) groups excluding carboxylic acids is 1. The van der Waals surface area contributed by atoms with Crippen LogP contribution >= 0.6 is 17.6 Å². The third-order valence-corrected chi connectivity index (χ3v) is 17.3. The first-order valence-electron chi connectivity index (χ1n) is 22.3. The Morgan fingerprint density at radius 1 is 0.638 bits per heavy atom. The van der Waals surface area contributed by atoms with Crippen molar-refractivity contribution in [3.8, 4) is 5.75 Å². The first kappa shape index (κ1) is 50.3. The molecule has 0 radical (unpaired) electrons. The summed E-state index contributed by atoms with van der Waals surface area (Å²) in [5, 5.41) is 0. The predicted octanol–water partition coefficient (Wildman–Crippen LogP) is 15.7. The van der Waals surface area contributed by atoms with Crippen molar-refractivity contribution >= 4 is 30.5 Å². The number of hydrogen-bond acceptors (Lipinski definition) is 2. The molecule has 0 N–H and O–H groups in total. The molecule has 2 unspecified atom stereocenters. The van der Waals surface area contributed by atoms with Crippen molar-refractivity contribution in [2.75, 3.05) is 0 Å². The van der Waals surface area contributed by atoms with Gasteiger partial charge in [0.05, 0.1) is 23.1 Å². The van der Waals surface area contributed by atoms with Crippen LogP contribution in [0.2, 0.25) is 0 Å². The van der Waals surface area contributed by atoms with Crippen LogP contribution in [0.4, 0.5) is 0 Å². The van der Waals surface area contributed by atoms with Crippen molar-refractivity contribution in [2.45, 2.75) is 187 Å². The van der Waals surface area contributed by atoms with Gasteiger partial charge in [-0.2, -0.15) is 0 Å². The number of hydrogen-bond donors (Lipinski definition) is 0. The topological polar surface area (TPSA) is 26.3 Å². The summed E-state index contributed by atoms with van der Waals surface area (Å²) in [5.74, 6) is 1.71. The molecule has 3 aromatic rings. The summed E-state index contributed by atoms with van der Waals surface area (Å²) in [7, 11) is 4.52. The van der Waals surface area contributed by atoms with E-state index in [4.69, 9.17) is 16.1 Å². The molecule has 58 heavy (non-hydrogen) atoms. The summed E-state index contributed by atoms with van der Waals surface area (Å²) in [6.07, 6.45) is 32.8. The van der Waals surface area contributed by atoms with Gasteiger partial charge in [0.2, 0.25) is 0 Å². The minimum absolute atomic E-state index is 0.0465. The van der Waals surface area contributed by atoms with E-state index in [1.165, 1.54) is 61.5 Å². The Labute approximate surface area is 371 Å². The van der Waals surface area contributed by atoms with Gasteiger partial charge in [-0.05, 0) is 161 Å². The van der Waals surface area contributed by atoms with Crippen LogP contribution in [0.25, 0.3) is 6.08 Å². The van der Waals surface area contributed by atoms with E-state index in [0.29, 0.717) is 11.8 Å². The van der Waals surface area contributed by atoms with Gasteiger partial charge in [0.25, 0.3) is 0 Å². The summed E-state index contributed by atoms with van der Waals surface area (Å²) < 4.78 is 5.52. The Kier molecular flexibility index (Phi) is 23.4. The second kappa shape index (κ2) is 27.0. The number of para-hydroxylation sites is 1. The second-order valence-electron chi connectivity index (χ2n) is 17.6. The van der Waals surface area contributed by atoms with Crippen molar-refractivity contribution in [3.05, 3.63) is 124 Å². The number of ether oxygens (including phenoxy) is 1. The van der Waals surface area contributed by atoms with E-state index in [0.717, 1.165) is 11.3 Å². The SMILES string of the molecule is C1CCC([PH+](C2CCCCC2)C2CCCCC2)CC1.Cc1cc(C)c(C2C=CC(c3c(C)cc(C)cc3C)[CH-]2)c(C)c1.[CH-]=Cc1ccccc1OC(C)C.[CH-]=O.[Cl][Ru+3]. The Morgan fingerprint density at radius 2 is 0.983 bits per heavy atom. The van der Waals surface area contributed by atoms with E-state index >= 15 is 0 Å². The van der Waals surface area contributed by atoms with Crippen LogP contribution in [0.5, 0.6) is 5.75 Å². The zero-order chi connectivity index (χ0) is 42.6. The van der Waals surface area contributed by atoms with Gasteiger partial charge in [-0.25, -0.2) is 6.08 Å². The molecule has 3 saturated carbocycles. The summed E-state index contributed by atoms with van der Waals surface area (Å²) >= 11 is 1.82. The maximum atomic E-state index is 7.75. The molecule has 4 aliphatic rings. The Hall–Kier alpha value is -2.05. The summed E-state index contributed by atoms with van der Waals surface area (Å²) in [4.78, 5) is 7.75. The van der Waals surface area contributed by atoms with Gasteiger partial charge >= 0.3 is 27.0 Å². The maximum absolute atomic E-state index is 7.75. The van der Waals surface area contributed by atoms with E-state index in [9.17, 15) is 0 Å². The number of allylic oxidation sites excluding steroid dienone is 2. The molecule has 2 nitrogen and oxygen atoms in total. The van der Waals surface area contributed by atoms with Gasteiger partial charge in [-0.3, -0.25) is 13.4 Å². The van der Waals surface area contributed by atoms with Gasteiger partial charge in [0, 0.05) is 13.7 Å². The first-order chi connectivity index (χ1) is 28.0. The fourth-order valence-corrected chi connectivity index (χ4v) is 15.9. The normalized spacial score (nSPS) is 19.7. The first-order valence-corrected chi connectivity index (χ1v) is 26.3. The van der Waals surface area contributed by atoms with E-state index in [2.05, 4.69) is 101 Å². The van der Waals surface area contributed by atoms with E-state index in [-0.39, 0.29) is 14.0 Å². The van der Waals surface area contributed by atoms with Crippen LogP contribution in [0.15, 0.2) is 60.7 Å². The van der Waals surface area contributed by atoms with E-state index in [1.807, 2.05) is 55.4 Å². The molecule has 7 rings (SSSR count). The summed E-state index contributed by atoms with van der Waals surface area (Å²) in [5.41, 5.74) is 15.9. The predicted molar refractivity (Wildman–Crippen MR) is 253 cm³/mol. The number of rotatable bonds is 8. The molecule has 5 heteroatoms. The monoisotopic (exact) mass is 911 g/mol. The zero-order valence-electron chi connectivity index (χ0n) is 37.2. The Balaban J connectivity index is 0.000000232.